The van der Waals surface area contributed by atoms with Gasteiger partial charge in [0.1, 0.15) is 0 Å². The second-order valence-electron chi connectivity index (χ2n) is 4.31. The van der Waals surface area contributed by atoms with Crippen molar-refractivity contribution in [1.29, 1.82) is 5.26 Å². The smallest absolute Gasteiger partial charge is 0.161 e. The maximum atomic E-state index is 8.83. The molecule has 0 heterocycles. The Hall–Kier alpha value is -2.91. The van der Waals surface area contributed by atoms with Crippen LogP contribution >= 0.6 is 0 Å². The predicted octanol–water partition coefficient (Wildman–Crippen LogP) is 3.17. The molecule has 2 aromatic rings. The number of nitriles is 1. The lowest BCUT2D eigenvalue weighted by molar-refractivity contribution is 0.355. The topological polar surface area (TPSA) is 42.2 Å². The van der Waals surface area contributed by atoms with Crippen LogP contribution in [0, 0.1) is 23.2 Å². The molecule has 0 fully saturated rings. The Morgan fingerprint density at radius 2 is 1.71 bits per heavy atom. The highest BCUT2D eigenvalue weighted by molar-refractivity contribution is 5.51. The molecule has 0 saturated heterocycles. The standard InChI is InChI=1S/C18H15NO2/c1-20-17-10-8-14(13-18(17)21-2)7-9-15-5-3-4-6-16(15)11-12-19/h3-6,8,10,13H,11H2,1-2H3. The first-order valence-corrected chi connectivity index (χ1v) is 6.47. The van der Waals surface area contributed by atoms with E-state index >= 15 is 0 Å². The van der Waals surface area contributed by atoms with Crippen LogP contribution in [0.15, 0.2) is 42.5 Å². The van der Waals surface area contributed by atoms with Crippen molar-refractivity contribution in [2.75, 3.05) is 14.2 Å². The van der Waals surface area contributed by atoms with E-state index in [0.717, 1.165) is 16.7 Å². The minimum absolute atomic E-state index is 0.358. The van der Waals surface area contributed by atoms with Crippen LogP contribution in [0.5, 0.6) is 11.5 Å². The summed E-state index contributed by atoms with van der Waals surface area (Å²) in [5, 5.41) is 8.83. The molecular weight excluding hydrogens is 262 g/mol. The Balaban J connectivity index is 2.34. The van der Waals surface area contributed by atoms with Gasteiger partial charge in [0.2, 0.25) is 0 Å². The SMILES string of the molecule is COc1ccc(C#Cc2ccccc2CC#N)cc1OC. The third-order valence-electron chi connectivity index (χ3n) is 3.01. The lowest BCUT2D eigenvalue weighted by Crippen LogP contribution is -1.91. The highest BCUT2D eigenvalue weighted by Gasteiger charge is 2.03. The summed E-state index contributed by atoms with van der Waals surface area (Å²) in [5.41, 5.74) is 2.64. The second-order valence-corrected chi connectivity index (χ2v) is 4.31. The van der Waals surface area contributed by atoms with Gasteiger partial charge in [0.25, 0.3) is 0 Å². The van der Waals surface area contributed by atoms with E-state index in [1.807, 2.05) is 42.5 Å². The van der Waals surface area contributed by atoms with Crippen molar-refractivity contribution in [2.24, 2.45) is 0 Å². The van der Waals surface area contributed by atoms with Gasteiger partial charge in [-0.15, -0.1) is 0 Å². The largest absolute Gasteiger partial charge is 0.493 e. The average Bonchev–Trinajstić information content (AvgIpc) is 2.54. The molecule has 0 bridgehead atoms. The highest BCUT2D eigenvalue weighted by Crippen LogP contribution is 2.27. The molecule has 0 atom stereocenters. The van der Waals surface area contributed by atoms with Gasteiger partial charge in [0.15, 0.2) is 11.5 Å². The molecule has 3 nitrogen and oxygen atoms in total. The fourth-order valence-corrected chi connectivity index (χ4v) is 1.94. The highest BCUT2D eigenvalue weighted by atomic mass is 16.5. The fourth-order valence-electron chi connectivity index (χ4n) is 1.94. The van der Waals surface area contributed by atoms with E-state index in [4.69, 9.17) is 14.7 Å². The third kappa shape index (κ3) is 3.55. The van der Waals surface area contributed by atoms with Crippen molar-refractivity contribution in [2.45, 2.75) is 6.42 Å². The summed E-state index contributed by atoms with van der Waals surface area (Å²) in [6.07, 6.45) is 0.358. The summed E-state index contributed by atoms with van der Waals surface area (Å²) < 4.78 is 10.5. The molecule has 0 aliphatic rings. The van der Waals surface area contributed by atoms with Crippen molar-refractivity contribution >= 4 is 0 Å². The summed E-state index contributed by atoms with van der Waals surface area (Å²) in [6.45, 7) is 0. The van der Waals surface area contributed by atoms with Gasteiger partial charge in [-0.25, -0.2) is 0 Å². The molecule has 0 spiro atoms. The van der Waals surface area contributed by atoms with E-state index in [-0.39, 0.29) is 0 Å². The van der Waals surface area contributed by atoms with Crippen molar-refractivity contribution in [3.63, 3.8) is 0 Å². The molecular formula is C18H15NO2. The van der Waals surface area contributed by atoms with Crippen molar-refractivity contribution in [3.05, 3.63) is 59.2 Å². The van der Waals surface area contributed by atoms with Crippen LogP contribution in [0.4, 0.5) is 0 Å². The van der Waals surface area contributed by atoms with E-state index in [0.29, 0.717) is 17.9 Å². The van der Waals surface area contributed by atoms with Gasteiger partial charge in [0, 0.05) is 11.1 Å². The Morgan fingerprint density at radius 3 is 2.43 bits per heavy atom. The maximum absolute atomic E-state index is 8.83. The molecule has 0 aliphatic heterocycles. The first-order valence-electron chi connectivity index (χ1n) is 6.47. The Kier molecular flexibility index (Phi) is 4.85. The monoisotopic (exact) mass is 277 g/mol. The molecule has 0 N–H and O–H groups in total. The summed E-state index contributed by atoms with van der Waals surface area (Å²) in [5.74, 6) is 7.52. The zero-order valence-corrected chi connectivity index (χ0v) is 12.0. The van der Waals surface area contributed by atoms with E-state index in [9.17, 15) is 0 Å². The van der Waals surface area contributed by atoms with Crippen LogP contribution in [-0.4, -0.2) is 14.2 Å². The molecule has 2 rings (SSSR count). The van der Waals surface area contributed by atoms with Crippen LogP contribution in [0.3, 0.4) is 0 Å². The van der Waals surface area contributed by atoms with Crippen molar-refractivity contribution < 1.29 is 9.47 Å². The lowest BCUT2D eigenvalue weighted by atomic mass is 10.1. The molecule has 0 unspecified atom stereocenters. The quantitative estimate of drug-likeness (QED) is 0.809. The van der Waals surface area contributed by atoms with Gasteiger partial charge in [0.05, 0.1) is 26.7 Å². The minimum Gasteiger partial charge on any atom is -0.493 e. The number of hydrogen-bond donors (Lipinski definition) is 0. The van der Waals surface area contributed by atoms with Crippen LogP contribution in [-0.2, 0) is 6.42 Å². The molecule has 0 aliphatic carbocycles. The number of hydrogen-bond acceptors (Lipinski definition) is 3. The van der Waals surface area contributed by atoms with Gasteiger partial charge in [-0.2, -0.15) is 5.26 Å². The van der Waals surface area contributed by atoms with Crippen molar-refractivity contribution in [3.8, 4) is 29.4 Å². The zero-order valence-electron chi connectivity index (χ0n) is 12.0. The van der Waals surface area contributed by atoms with Crippen LogP contribution in [0.25, 0.3) is 0 Å². The van der Waals surface area contributed by atoms with E-state index in [1.54, 1.807) is 14.2 Å². The summed E-state index contributed by atoms with van der Waals surface area (Å²) in [7, 11) is 3.19. The molecule has 0 amide bonds. The molecule has 2 aromatic carbocycles. The van der Waals surface area contributed by atoms with Gasteiger partial charge < -0.3 is 9.47 Å². The van der Waals surface area contributed by atoms with Crippen molar-refractivity contribution in [1.82, 2.24) is 0 Å². The first-order chi connectivity index (χ1) is 10.3. The van der Waals surface area contributed by atoms with E-state index in [1.165, 1.54) is 0 Å². The van der Waals surface area contributed by atoms with E-state index in [2.05, 4.69) is 17.9 Å². The lowest BCUT2D eigenvalue weighted by Gasteiger charge is -2.06. The van der Waals surface area contributed by atoms with Gasteiger partial charge >= 0.3 is 0 Å². The fraction of sp³-hybridized carbons (Fsp3) is 0.167. The molecule has 0 saturated carbocycles. The van der Waals surface area contributed by atoms with Crippen LogP contribution in [0.2, 0.25) is 0 Å². The van der Waals surface area contributed by atoms with Gasteiger partial charge in [-0.05, 0) is 29.8 Å². The minimum atomic E-state index is 0.358. The second kappa shape index (κ2) is 7.03. The van der Waals surface area contributed by atoms with Crippen LogP contribution < -0.4 is 9.47 Å². The summed E-state index contributed by atoms with van der Waals surface area (Å²) in [4.78, 5) is 0. The number of benzene rings is 2. The Morgan fingerprint density at radius 1 is 0.952 bits per heavy atom. The first kappa shape index (κ1) is 14.5. The Labute approximate surface area is 124 Å². The average molecular weight is 277 g/mol. The summed E-state index contributed by atoms with van der Waals surface area (Å²) >= 11 is 0. The number of nitrogens with zero attached hydrogens (tertiary/aromatic N) is 1. The summed E-state index contributed by atoms with van der Waals surface area (Å²) in [6, 6.07) is 15.3. The zero-order chi connectivity index (χ0) is 15.1. The number of methoxy groups -OCH3 is 2. The third-order valence-corrected chi connectivity index (χ3v) is 3.01. The van der Waals surface area contributed by atoms with Crippen LogP contribution in [0.1, 0.15) is 16.7 Å². The molecule has 3 heteroatoms. The van der Waals surface area contributed by atoms with Gasteiger partial charge in [-0.3, -0.25) is 0 Å². The number of rotatable bonds is 3. The molecule has 21 heavy (non-hydrogen) atoms. The van der Waals surface area contributed by atoms with E-state index < -0.39 is 0 Å². The van der Waals surface area contributed by atoms with Gasteiger partial charge in [-0.1, -0.05) is 30.0 Å². The predicted molar refractivity (Wildman–Crippen MR) is 81.3 cm³/mol. The molecule has 0 aromatic heterocycles. The molecule has 0 radical (unpaired) electrons. The number of ether oxygens (including phenoxy) is 2. The maximum Gasteiger partial charge on any atom is 0.161 e. The molecule has 104 valence electrons. The Bertz CT molecular complexity index is 733. The normalized spacial score (nSPS) is 9.19.